The second-order valence-electron chi connectivity index (χ2n) is 5.71. The third kappa shape index (κ3) is 4.12. The maximum absolute atomic E-state index is 12.1. The van der Waals surface area contributed by atoms with Gasteiger partial charge in [0, 0.05) is 21.5 Å². The number of amidine groups is 1. The van der Waals surface area contributed by atoms with E-state index in [2.05, 4.69) is 0 Å². The quantitative estimate of drug-likeness (QED) is 0.502. The fourth-order valence-corrected chi connectivity index (χ4v) is 3.30. The molecule has 1 saturated heterocycles. The number of nitrogen functional groups attached to an aromatic ring is 1. The number of amides is 1. The highest BCUT2D eigenvalue weighted by atomic mass is 32.1. The van der Waals surface area contributed by atoms with Crippen LogP contribution in [0.15, 0.2) is 35.7 Å². The van der Waals surface area contributed by atoms with Gasteiger partial charge < -0.3 is 20.3 Å². The number of rotatable bonds is 7. The zero-order valence-corrected chi connectivity index (χ0v) is 14.5. The van der Waals surface area contributed by atoms with Crippen molar-refractivity contribution in [3.05, 3.63) is 46.2 Å². The van der Waals surface area contributed by atoms with E-state index < -0.39 is 18.2 Å². The topological polar surface area (TPSA) is 126 Å². The molecule has 8 nitrogen and oxygen atoms in total. The lowest BCUT2D eigenvalue weighted by molar-refractivity contribution is -0.136. The van der Waals surface area contributed by atoms with E-state index in [-0.39, 0.29) is 18.9 Å². The van der Waals surface area contributed by atoms with Crippen molar-refractivity contribution in [1.82, 2.24) is 0 Å². The molecule has 0 bridgehead atoms. The Kier molecular flexibility index (Phi) is 5.08. The summed E-state index contributed by atoms with van der Waals surface area (Å²) in [6.07, 6.45) is -0.944. The van der Waals surface area contributed by atoms with E-state index in [1.54, 1.807) is 35.7 Å². The van der Waals surface area contributed by atoms with Gasteiger partial charge in [0.2, 0.25) is 0 Å². The SMILES string of the molecule is N=C(N)c1ccc(N2CC(COc3csc(CC(=O)O)c3)OC2=O)cc1. The van der Waals surface area contributed by atoms with Gasteiger partial charge in [-0.1, -0.05) is 0 Å². The second kappa shape index (κ2) is 7.44. The molecule has 9 heteroatoms. The van der Waals surface area contributed by atoms with E-state index in [0.717, 1.165) is 0 Å². The minimum atomic E-state index is -0.894. The van der Waals surface area contributed by atoms with E-state index in [1.165, 1.54) is 16.2 Å². The number of hydrogen-bond donors (Lipinski definition) is 3. The largest absolute Gasteiger partial charge is 0.489 e. The minimum Gasteiger partial charge on any atom is -0.489 e. The lowest BCUT2D eigenvalue weighted by Crippen LogP contribution is -2.26. The summed E-state index contributed by atoms with van der Waals surface area (Å²) in [5, 5.41) is 17.9. The maximum Gasteiger partial charge on any atom is 0.414 e. The number of carboxylic acid groups (broad SMARTS) is 1. The lowest BCUT2D eigenvalue weighted by atomic mass is 10.2. The number of carbonyl (C=O) groups excluding carboxylic acids is 1. The van der Waals surface area contributed by atoms with Crippen molar-refractivity contribution in [3.8, 4) is 5.75 Å². The first kappa shape index (κ1) is 17.7. The Labute approximate surface area is 153 Å². The van der Waals surface area contributed by atoms with Crippen LogP contribution in [0.4, 0.5) is 10.5 Å². The van der Waals surface area contributed by atoms with Crippen molar-refractivity contribution in [2.45, 2.75) is 12.5 Å². The molecule has 26 heavy (non-hydrogen) atoms. The fourth-order valence-electron chi connectivity index (χ4n) is 2.51. The smallest absolute Gasteiger partial charge is 0.414 e. The number of benzene rings is 1. The van der Waals surface area contributed by atoms with Gasteiger partial charge in [0.15, 0.2) is 6.10 Å². The summed E-state index contributed by atoms with van der Waals surface area (Å²) in [7, 11) is 0. The number of thiophene rings is 1. The van der Waals surface area contributed by atoms with E-state index in [0.29, 0.717) is 28.4 Å². The van der Waals surface area contributed by atoms with Crippen molar-refractivity contribution >= 4 is 34.9 Å². The number of carbonyl (C=O) groups is 2. The normalized spacial score (nSPS) is 16.4. The summed E-state index contributed by atoms with van der Waals surface area (Å²) in [5.41, 5.74) is 6.65. The molecule has 0 aliphatic carbocycles. The van der Waals surface area contributed by atoms with Gasteiger partial charge in [-0.15, -0.1) is 11.3 Å². The van der Waals surface area contributed by atoms with Crippen LogP contribution >= 0.6 is 11.3 Å². The Morgan fingerprint density at radius 2 is 2.15 bits per heavy atom. The average Bonchev–Trinajstić information content (AvgIpc) is 3.19. The van der Waals surface area contributed by atoms with Crippen molar-refractivity contribution in [2.75, 3.05) is 18.1 Å². The number of carboxylic acids is 1. The molecular formula is C17H17N3O5S. The van der Waals surface area contributed by atoms with Crippen LogP contribution in [0.5, 0.6) is 5.75 Å². The Morgan fingerprint density at radius 1 is 1.42 bits per heavy atom. The summed E-state index contributed by atoms with van der Waals surface area (Å²) in [6.45, 7) is 0.515. The van der Waals surface area contributed by atoms with Crippen LogP contribution in [0, 0.1) is 5.41 Å². The molecule has 2 heterocycles. The molecule has 4 N–H and O–H groups in total. The van der Waals surface area contributed by atoms with Crippen LogP contribution in [0.3, 0.4) is 0 Å². The van der Waals surface area contributed by atoms with Gasteiger partial charge in [0.1, 0.15) is 18.2 Å². The molecular weight excluding hydrogens is 358 g/mol. The molecule has 1 aromatic carbocycles. The van der Waals surface area contributed by atoms with E-state index in [1.807, 2.05) is 0 Å². The van der Waals surface area contributed by atoms with Crippen LogP contribution in [0.25, 0.3) is 0 Å². The van der Waals surface area contributed by atoms with Gasteiger partial charge in [-0.3, -0.25) is 15.1 Å². The van der Waals surface area contributed by atoms with Gasteiger partial charge in [-0.25, -0.2) is 4.79 Å². The van der Waals surface area contributed by atoms with E-state index in [9.17, 15) is 9.59 Å². The molecule has 1 amide bonds. The third-order valence-corrected chi connectivity index (χ3v) is 4.67. The van der Waals surface area contributed by atoms with Crippen molar-refractivity contribution < 1.29 is 24.2 Å². The third-order valence-electron chi connectivity index (χ3n) is 3.76. The number of nitrogens with two attached hydrogens (primary N) is 1. The standard InChI is InChI=1S/C17H17N3O5S/c18-16(19)10-1-3-11(4-2-10)20-7-13(25-17(20)23)8-24-12-5-14(26-9-12)6-15(21)22/h1-5,9,13H,6-8H2,(H3,18,19)(H,21,22). The van der Waals surface area contributed by atoms with Crippen molar-refractivity contribution in [1.29, 1.82) is 5.41 Å². The molecule has 1 aliphatic heterocycles. The van der Waals surface area contributed by atoms with E-state index >= 15 is 0 Å². The molecule has 0 radical (unpaired) electrons. The van der Waals surface area contributed by atoms with Crippen LogP contribution in [-0.2, 0) is 16.0 Å². The zero-order valence-electron chi connectivity index (χ0n) is 13.7. The van der Waals surface area contributed by atoms with Crippen molar-refractivity contribution in [2.24, 2.45) is 5.73 Å². The zero-order chi connectivity index (χ0) is 18.7. The van der Waals surface area contributed by atoms with Crippen LogP contribution in [-0.4, -0.2) is 42.3 Å². The number of ether oxygens (including phenoxy) is 2. The Morgan fingerprint density at radius 3 is 2.81 bits per heavy atom. The molecule has 2 aromatic rings. The summed E-state index contributed by atoms with van der Waals surface area (Å²) >= 11 is 1.31. The number of cyclic esters (lactones) is 1. The highest BCUT2D eigenvalue weighted by Gasteiger charge is 2.32. The molecule has 1 unspecified atom stereocenters. The van der Waals surface area contributed by atoms with Crippen LogP contribution in [0.2, 0.25) is 0 Å². The lowest BCUT2D eigenvalue weighted by Gasteiger charge is -2.13. The summed E-state index contributed by atoms with van der Waals surface area (Å²) < 4.78 is 10.9. The molecule has 3 rings (SSSR count). The Bertz CT molecular complexity index is 833. The Hall–Kier alpha value is -3.07. The van der Waals surface area contributed by atoms with Gasteiger partial charge in [0.25, 0.3) is 0 Å². The number of anilines is 1. The number of nitrogens with one attached hydrogen (secondary N) is 1. The van der Waals surface area contributed by atoms with Gasteiger partial charge >= 0.3 is 12.1 Å². The molecule has 1 atom stereocenters. The highest BCUT2D eigenvalue weighted by molar-refractivity contribution is 7.10. The highest BCUT2D eigenvalue weighted by Crippen LogP contribution is 2.25. The first-order valence-electron chi connectivity index (χ1n) is 7.77. The monoisotopic (exact) mass is 375 g/mol. The molecule has 1 aliphatic rings. The average molecular weight is 375 g/mol. The summed E-state index contributed by atoms with van der Waals surface area (Å²) in [4.78, 5) is 24.9. The first-order valence-corrected chi connectivity index (χ1v) is 8.65. The number of nitrogens with zero attached hydrogens (tertiary/aromatic N) is 1. The van der Waals surface area contributed by atoms with Crippen LogP contribution < -0.4 is 15.4 Å². The van der Waals surface area contributed by atoms with Crippen LogP contribution in [0.1, 0.15) is 10.4 Å². The second-order valence-corrected chi connectivity index (χ2v) is 6.70. The number of aliphatic carboxylic acids is 1. The molecule has 0 spiro atoms. The number of hydrogen-bond acceptors (Lipinski definition) is 6. The van der Waals surface area contributed by atoms with E-state index in [4.69, 9.17) is 25.7 Å². The summed E-state index contributed by atoms with van der Waals surface area (Å²) in [5.74, 6) is -0.369. The van der Waals surface area contributed by atoms with Gasteiger partial charge in [0.05, 0.1) is 13.0 Å². The molecule has 136 valence electrons. The summed E-state index contributed by atoms with van der Waals surface area (Å²) in [6, 6.07) is 8.43. The first-order chi connectivity index (χ1) is 12.4. The van der Waals surface area contributed by atoms with Gasteiger partial charge in [-0.2, -0.15) is 0 Å². The van der Waals surface area contributed by atoms with Crippen molar-refractivity contribution in [3.63, 3.8) is 0 Å². The molecule has 0 saturated carbocycles. The molecule has 1 fully saturated rings. The minimum absolute atomic E-state index is 0.0372. The predicted molar refractivity (Wildman–Crippen MR) is 96.2 cm³/mol. The predicted octanol–water partition coefficient (Wildman–Crippen LogP) is 2.06. The molecule has 1 aromatic heterocycles. The maximum atomic E-state index is 12.1. The van der Waals surface area contributed by atoms with Gasteiger partial charge in [-0.05, 0) is 30.3 Å². The Balaban J connectivity index is 1.56. The fraction of sp³-hybridized carbons (Fsp3) is 0.235.